The molecule has 0 amide bonds. The Balaban J connectivity index is 2.80. The molecule has 0 heterocycles. The van der Waals surface area contributed by atoms with E-state index in [4.69, 9.17) is 5.73 Å². The van der Waals surface area contributed by atoms with Crippen LogP contribution in [0, 0.1) is 0 Å². The predicted octanol–water partition coefficient (Wildman–Crippen LogP) is 2.11. The van der Waals surface area contributed by atoms with Gasteiger partial charge in [0.25, 0.3) is 0 Å². The molecule has 3 N–H and O–H groups in total. The number of aliphatic imine (C=N–C) groups is 1. The van der Waals surface area contributed by atoms with E-state index in [1.165, 1.54) is 0 Å². The lowest BCUT2D eigenvalue weighted by Crippen LogP contribution is -2.28. The van der Waals surface area contributed by atoms with Crippen LogP contribution >= 0.6 is 0 Å². The van der Waals surface area contributed by atoms with Crippen LogP contribution in [0.2, 0.25) is 0 Å². The average Bonchev–Trinajstić information content (AvgIpc) is 2.39. The Morgan fingerprint density at radius 3 is 2.59 bits per heavy atom. The van der Waals surface area contributed by atoms with Crippen LogP contribution in [-0.4, -0.2) is 18.7 Å². The zero-order valence-electron chi connectivity index (χ0n) is 10.5. The number of hydrazone groups is 1. The van der Waals surface area contributed by atoms with Gasteiger partial charge in [0, 0.05) is 7.05 Å². The first-order valence-electron chi connectivity index (χ1n) is 5.88. The molecule has 0 aliphatic carbocycles. The minimum Gasteiger partial charge on any atom is -0.369 e. The first-order valence-corrected chi connectivity index (χ1v) is 5.88. The third-order valence-electron chi connectivity index (χ3n) is 2.42. The molecule has 0 fully saturated rings. The highest BCUT2D eigenvalue weighted by Gasteiger charge is 2.02. The topological polar surface area (TPSA) is 62.8 Å². The zero-order chi connectivity index (χ0) is 12.5. The van der Waals surface area contributed by atoms with Crippen molar-refractivity contribution >= 4 is 11.7 Å². The Morgan fingerprint density at radius 1 is 1.29 bits per heavy atom. The maximum atomic E-state index is 5.56. The van der Waals surface area contributed by atoms with E-state index >= 15 is 0 Å². The Labute approximate surface area is 103 Å². The molecule has 0 radical (unpaired) electrons. The molecule has 0 saturated carbocycles. The molecule has 17 heavy (non-hydrogen) atoms. The average molecular weight is 232 g/mol. The quantitative estimate of drug-likeness (QED) is 0.464. The van der Waals surface area contributed by atoms with Crippen molar-refractivity contribution in [3.63, 3.8) is 0 Å². The molecular formula is C13H20N4. The number of unbranched alkanes of at least 4 members (excludes halogenated alkanes) is 1. The number of hydrogen-bond acceptors (Lipinski definition) is 2. The fraction of sp³-hybridized carbons (Fsp3) is 0.385. The van der Waals surface area contributed by atoms with Crippen molar-refractivity contribution in [1.29, 1.82) is 0 Å². The monoisotopic (exact) mass is 232 g/mol. The van der Waals surface area contributed by atoms with Gasteiger partial charge in [-0.15, -0.1) is 0 Å². The standard InChI is InChI=1S/C13H20N4/c1-3-4-10-12(16-17-13(14)15-2)11-8-6-5-7-9-11/h5-9H,3-4,10H2,1-2H3,(H3,14,15,17)/b16-12+. The molecule has 1 aromatic carbocycles. The first kappa shape index (κ1) is 13.2. The SMILES string of the molecule is CCCC/C(=N\NC(N)=NC)c1ccccc1. The summed E-state index contributed by atoms with van der Waals surface area (Å²) in [7, 11) is 1.63. The molecule has 0 spiro atoms. The van der Waals surface area contributed by atoms with Gasteiger partial charge in [-0.05, 0) is 18.4 Å². The van der Waals surface area contributed by atoms with E-state index in [1.807, 2.05) is 18.2 Å². The number of nitrogens with two attached hydrogens (primary N) is 1. The molecule has 0 unspecified atom stereocenters. The summed E-state index contributed by atoms with van der Waals surface area (Å²) in [5.41, 5.74) is 10.5. The minimum absolute atomic E-state index is 0.329. The summed E-state index contributed by atoms with van der Waals surface area (Å²) in [6.07, 6.45) is 3.19. The minimum atomic E-state index is 0.329. The summed E-state index contributed by atoms with van der Waals surface area (Å²) in [6, 6.07) is 10.1. The van der Waals surface area contributed by atoms with Crippen molar-refractivity contribution in [3.8, 4) is 0 Å². The second-order valence-electron chi connectivity index (χ2n) is 3.75. The van der Waals surface area contributed by atoms with Crippen LogP contribution in [0.3, 0.4) is 0 Å². The van der Waals surface area contributed by atoms with Gasteiger partial charge in [0.05, 0.1) is 5.71 Å². The fourth-order valence-corrected chi connectivity index (χ4v) is 1.41. The summed E-state index contributed by atoms with van der Waals surface area (Å²) in [4.78, 5) is 3.81. The molecule has 0 aromatic heterocycles. The van der Waals surface area contributed by atoms with Gasteiger partial charge in [0.15, 0.2) is 0 Å². The van der Waals surface area contributed by atoms with Gasteiger partial charge < -0.3 is 5.73 Å². The van der Waals surface area contributed by atoms with Crippen molar-refractivity contribution in [3.05, 3.63) is 35.9 Å². The van der Waals surface area contributed by atoms with Crippen LogP contribution in [0.25, 0.3) is 0 Å². The van der Waals surface area contributed by atoms with E-state index in [0.717, 1.165) is 30.5 Å². The van der Waals surface area contributed by atoms with Crippen LogP contribution < -0.4 is 11.2 Å². The highest BCUT2D eigenvalue weighted by Crippen LogP contribution is 2.07. The molecular weight excluding hydrogens is 212 g/mol. The van der Waals surface area contributed by atoms with E-state index in [0.29, 0.717) is 5.96 Å². The Hall–Kier alpha value is -1.84. The van der Waals surface area contributed by atoms with Crippen LogP contribution in [0.4, 0.5) is 0 Å². The number of benzene rings is 1. The van der Waals surface area contributed by atoms with Crippen LogP contribution in [-0.2, 0) is 0 Å². The number of rotatable bonds is 5. The van der Waals surface area contributed by atoms with E-state index < -0.39 is 0 Å². The highest BCUT2D eigenvalue weighted by atomic mass is 15.4. The summed E-state index contributed by atoms with van der Waals surface area (Å²) in [5, 5.41) is 4.31. The maximum absolute atomic E-state index is 5.56. The normalized spacial score (nSPS) is 12.6. The maximum Gasteiger partial charge on any atom is 0.209 e. The number of hydrogen-bond donors (Lipinski definition) is 2. The Morgan fingerprint density at radius 2 is 2.00 bits per heavy atom. The van der Waals surface area contributed by atoms with E-state index in [9.17, 15) is 0 Å². The van der Waals surface area contributed by atoms with Crippen molar-refractivity contribution < 1.29 is 0 Å². The summed E-state index contributed by atoms with van der Waals surface area (Å²) < 4.78 is 0. The molecule has 0 atom stereocenters. The Bertz CT molecular complexity index is 382. The number of guanidine groups is 1. The summed E-state index contributed by atoms with van der Waals surface area (Å²) >= 11 is 0. The van der Waals surface area contributed by atoms with Gasteiger partial charge in [-0.3, -0.25) is 4.99 Å². The molecule has 92 valence electrons. The van der Waals surface area contributed by atoms with Crippen LogP contribution in [0.15, 0.2) is 40.4 Å². The predicted molar refractivity (Wildman–Crippen MR) is 73.2 cm³/mol. The second-order valence-corrected chi connectivity index (χ2v) is 3.75. The molecule has 4 nitrogen and oxygen atoms in total. The molecule has 1 aromatic rings. The lowest BCUT2D eigenvalue weighted by Gasteiger charge is -2.06. The summed E-state index contributed by atoms with van der Waals surface area (Å²) in [5.74, 6) is 0.329. The van der Waals surface area contributed by atoms with Crippen LogP contribution in [0.5, 0.6) is 0 Å². The van der Waals surface area contributed by atoms with Crippen molar-refractivity contribution in [2.45, 2.75) is 26.2 Å². The lowest BCUT2D eigenvalue weighted by molar-refractivity contribution is 0.827. The van der Waals surface area contributed by atoms with E-state index in [-0.39, 0.29) is 0 Å². The molecule has 0 aliphatic heterocycles. The third kappa shape index (κ3) is 4.68. The zero-order valence-corrected chi connectivity index (χ0v) is 10.5. The van der Waals surface area contributed by atoms with Crippen molar-refractivity contribution in [1.82, 2.24) is 5.43 Å². The highest BCUT2D eigenvalue weighted by molar-refractivity contribution is 6.01. The second kappa shape index (κ2) is 7.44. The summed E-state index contributed by atoms with van der Waals surface area (Å²) in [6.45, 7) is 2.16. The van der Waals surface area contributed by atoms with Crippen molar-refractivity contribution in [2.24, 2.45) is 15.8 Å². The molecule has 0 bridgehead atoms. The molecule has 0 aliphatic rings. The van der Waals surface area contributed by atoms with Gasteiger partial charge in [-0.1, -0.05) is 43.7 Å². The largest absolute Gasteiger partial charge is 0.369 e. The molecule has 0 saturated heterocycles. The van der Waals surface area contributed by atoms with Gasteiger partial charge in [0.2, 0.25) is 5.96 Å². The third-order valence-corrected chi connectivity index (χ3v) is 2.42. The first-order chi connectivity index (χ1) is 8.27. The lowest BCUT2D eigenvalue weighted by atomic mass is 10.1. The van der Waals surface area contributed by atoms with E-state index in [2.05, 4.69) is 34.6 Å². The van der Waals surface area contributed by atoms with Gasteiger partial charge in [-0.25, -0.2) is 5.43 Å². The smallest absolute Gasteiger partial charge is 0.209 e. The van der Waals surface area contributed by atoms with Gasteiger partial charge in [0.1, 0.15) is 0 Å². The van der Waals surface area contributed by atoms with Gasteiger partial charge in [-0.2, -0.15) is 5.10 Å². The Kier molecular flexibility index (Phi) is 5.79. The molecule has 4 heteroatoms. The fourth-order valence-electron chi connectivity index (χ4n) is 1.41. The van der Waals surface area contributed by atoms with Gasteiger partial charge >= 0.3 is 0 Å². The van der Waals surface area contributed by atoms with Crippen LogP contribution in [0.1, 0.15) is 31.7 Å². The number of nitrogens with zero attached hydrogens (tertiary/aromatic N) is 2. The van der Waals surface area contributed by atoms with E-state index in [1.54, 1.807) is 7.05 Å². The van der Waals surface area contributed by atoms with Crippen molar-refractivity contribution in [2.75, 3.05) is 7.05 Å². The number of nitrogens with one attached hydrogen (secondary N) is 1. The molecule has 1 rings (SSSR count).